The first kappa shape index (κ1) is 24.1. The third-order valence-corrected chi connectivity index (χ3v) is 5.05. The molecule has 0 saturated heterocycles. The van der Waals surface area contributed by atoms with E-state index in [1.165, 1.54) is 38.5 Å². The summed E-state index contributed by atoms with van der Waals surface area (Å²) in [7, 11) is 0. The van der Waals surface area contributed by atoms with Gasteiger partial charge in [-0.3, -0.25) is 0 Å². The molecule has 164 valence electrons. The fourth-order valence-electron chi connectivity index (χ4n) is 3.06. The molecule has 0 amide bonds. The van der Waals surface area contributed by atoms with Gasteiger partial charge in [-0.25, -0.2) is 4.79 Å². The third kappa shape index (κ3) is 9.53. The maximum absolute atomic E-state index is 12.2. The predicted molar refractivity (Wildman–Crippen MR) is 122 cm³/mol. The highest BCUT2D eigenvalue weighted by atomic mass is 35.5. The van der Waals surface area contributed by atoms with Crippen LogP contribution < -0.4 is 9.47 Å². The highest BCUT2D eigenvalue weighted by Gasteiger charge is 2.11. The Balaban J connectivity index is 1.62. The van der Waals surface area contributed by atoms with Crippen molar-refractivity contribution in [3.8, 4) is 11.5 Å². The molecule has 0 bridgehead atoms. The third-order valence-electron chi connectivity index (χ3n) is 4.75. The Morgan fingerprint density at radius 3 is 2.17 bits per heavy atom. The number of rotatable bonds is 15. The van der Waals surface area contributed by atoms with Crippen LogP contribution >= 0.6 is 11.6 Å². The van der Waals surface area contributed by atoms with Crippen LogP contribution in [0.2, 0.25) is 5.02 Å². The average Bonchev–Trinajstić information content (AvgIpc) is 2.77. The Kier molecular flexibility index (Phi) is 11.8. The minimum absolute atomic E-state index is 0.348. The summed E-state index contributed by atoms with van der Waals surface area (Å²) in [5.74, 6) is 0.966. The summed E-state index contributed by atoms with van der Waals surface area (Å²) in [5.41, 5.74) is 0.437. The van der Waals surface area contributed by atoms with E-state index in [1.807, 2.05) is 30.3 Å². The van der Waals surface area contributed by atoms with Gasteiger partial charge in [-0.05, 0) is 36.8 Å². The molecule has 5 heteroatoms. The van der Waals surface area contributed by atoms with Crippen molar-refractivity contribution >= 4 is 17.6 Å². The normalized spacial score (nSPS) is 10.6. The zero-order valence-electron chi connectivity index (χ0n) is 17.9. The minimum atomic E-state index is -0.348. The van der Waals surface area contributed by atoms with Gasteiger partial charge < -0.3 is 14.2 Å². The molecule has 0 N–H and O–H groups in total. The van der Waals surface area contributed by atoms with Gasteiger partial charge in [-0.2, -0.15) is 0 Å². The van der Waals surface area contributed by atoms with Crippen LogP contribution in [0.3, 0.4) is 0 Å². The molecule has 0 radical (unpaired) electrons. The Morgan fingerprint density at radius 1 is 0.800 bits per heavy atom. The second kappa shape index (κ2) is 14.7. The number of carbonyl (C=O) groups excluding carboxylic acids is 1. The lowest BCUT2D eigenvalue weighted by molar-refractivity contribution is 0.0497. The zero-order chi connectivity index (χ0) is 21.4. The Hall–Kier alpha value is -2.20. The molecule has 0 spiro atoms. The molecule has 2 rings (SSSR count). The zero-order valence-corrected chi connectivity index (χ0v) is 18.7. The molecule has 0 atom stereocenters. The lowest BCUT2D eigenvalue weighted by atomic mass is 10.1. The lowest BCUT2D eigenvalue weighted by Gasteiger charge is -2.11. The van der Waals surface area contributed by atoms with Crippen molar-refractivity contribution in [2.45, 2.75) is 58.3 Å². The molecule has 0 fully saturated rings. The van der Waals surface area contributed by atoms with Crippen molar-refractivity contribution < 1.29 is 19.0 Å². The first-order chi connectivity index (χ1) is 14.7. The van der Waals surface area contributed by atoms with E-state index in [0.717, 1.165) is 18.6 Å². The highest BCUT2D eigenvalue weighted by molar-refractivity contribution is 6.32. The second-order valence-electron chi connectivity index (χ2n) is 7.27. The number of hydrogen-bond acceptors (Lipinski definition) is 4. The van der Waals surface area contributed by atoms with Crippen molar-refractivity contribution in [3.05, 3.63) is 59.1 Å². The number of carbonyl (C=O) groups is 1. The molecule has 4 nitrogen and oxygen atoms in total. The van der Waals surface area contributed by atoms with E-state index < -0.39 is 0 Å². The summed E-state index contributed by atoms with van der Waals surface area (Å²) < 4.78 is 16.6. The van der Waals surface area contributed by atoms with Gasteiger partial charge in [0, 0.05) is 0 Å². The Morgan fingerprint density at radius 2 is 1.47 bits per heavy atom. The summed E-state index contributed by atoms with van der Waals surface area (Å²) in [6.45, 7) is 3.43. The number of benzene rings is 2. The van der Waals surface area contributed by atoms with Gasteiger partial charge in [0.1, 0.15) is 24.7 Å². The molecule has 30 heavy (non-hydrogen) atoms. The van der Waals surface area contributed by atoms with Crippen LogP contribution in [0.25, 0.3) is 0 Å². The molecule has 0 aromatic heterocycles. The van der Waals surface area contributed by atoms with Gasteiger partial charge in [0.15, 0.2) is 0 Å². The van der Waals surface area contributed by atoms with Gasteiger partial charge in [0.25, 0.3) is 0 Å². The number of halogens is 1. The van der Waals surface area contributed by atoms with Crippen LogP contribution in [0.4, 0.5) is 0 Å². The van der Waals surface area contributed by atoms with E-state index in [2.05, 4.69) is 6.92 Å². The van der Waals surface area contributed by atoms with E-state index in [0.29, 0.717) is 36.2 Å². The standard InChI is InChI=1S/C25H33ClO4/c1-2-3-4-5-6-7-8-12-17-30-25(27)21-15-16-24(23(26)20-21)29-19-18-28-22-13-10-9-11-14-22/h9-11,13-16,20H,2-8,12,17-19H2,1H3. The predicted octanol–water partition coefficient (Wildman–Crippen LogP) is 7.10. The summed E-state index contributed by atoms with van der Waals surface area (Å²) in [6, 6.07) is 14.5. The number of ether oxygens (including phenoxy) is 3. The number of hydrogen-bond donors (Lipinski definition) is 0. The van der Waals surface area contributed by atoms with Gasteiger partial charge in [0.2, 0.25) is 0 Å². The molecule has 0 saturated carbocycles. The van der Waals surface area contributed by atoms with Gasteiger partial charge in [-0.15, -0.1) is 0 Å². The van der Waals surface area contributed by atoms with Crippen molar-refractivity contribution in [1.82, 2.24) is 0 Å². The first-order valence-electron chi connectivity index (χ1n) is 11.0. The quantitative estimate of drug-likeness (QED) is 0.222. The Bertz CT molecular complexity index is 733. The van der Waals surface area contributed by atoms with Crippen molar-refractivity contribution in [2.24, 2.45) is 0 Å². The van der Waals surface area contributed by atoms with Crippen molar-refractivity contribution in [3.63, 3.8) is 0 Å². The summed E-state index contributed by atoms with van der Waals surface area (Å²) >= 11 is 6.25. The molecule has 2 aromatic carbocycles. The van der Waals surface area contributed by atoms with Crippen LogP contribution in [0.5, 0.6) is 11.5 Å². The second-order valence-corrected chi connectivity index (χ2v) is 7.67. The van der Waals surface area contributed by atoms with E-state index in [-0.39, 0.29) is 5.97 Å². The van der Waals surface area contributed by atoms with E-state index in [9.17, 15) is 4.79 Å². The van der Waals surface area contributed by atoms with Gasteiger partial charge in [-0.1, -0.05) is 81.7 Å². The monoisotopic (exact) mass is 432 g/mol. The smallest absolute Gasteiger partial charge is 0.338 e. The minimum Gasteiger partial charge on any atom is -0.490 e. The fourth-order valence-corrected chi connectivity index (χ4v) is 3.29. The van der Waals surface area contributed by atoms with Crippen LogP contribution in [-0.2, 0) is 4.74 Å². The number of unbranched alkanes of at least 4 members (excludes halogenated alkanes) is 7. The van der Waals surface area contributed by atoms with Crippen molar-refractivity contribution in [1.29, 1.82) is 0 Å². The topological polar surface area (TPSA) is 44.8 Å². The molecule has 0 aliphatic heterocycles. The SMILES string of the molecule is CCCCCCCCCCOC(=O)c1ccc(OCCOc2ccccc2)c(Cl)c1. The van der Waals surface area contributed by atoms with Crippen LogP contribution in [0, 0.1) is 0 Å². The maximum atomic E-state index is 12.2. The molecule has 0 unspecified atom stereocenters. The first-order valence-corrected chi connectivity index (χ1v) is 11.4. The summed E-state index contributed by atoms with van der Waals surface area (Å²) in [6.07, 6.45) is 9.69. The molecule has 0 heterocycles. The van der Waals surface area contributed by atoms with Crippen LogP contribution in [-0.4, -0.2) is 25.8 Å². The highest BCUT2D eigenvalue weighted by Crippen LogP contribution is 2.26. The van der Waals surface area contributed by atoms with Crippen LogP contribution in [0.15, 0.2) is 48.5 Å². The van der Waals surface area contributed by atoms with E-state index in [4.69, 9.17) is 25.8 Å². The van der Waals surface area contributed by atoms with Crippen LogP contribution in [0.1, 0.15) is 68.6 Å². The number of esters is 1. The fraction of sp³-hybridized carbons (Fsp3) is 0.480. The van der Waals surface area contributed by atoms with E-state index >= 15 is 0 Å². The summed E-state index contributed by atoms with van der Waals surface area (Å²) in [5, 5.41) is 0.385. The molecule has 0 aliphatic carbocycles. The van der Waals surface area contributed by atoms with Crippen molar-refractivity contribution in [2.75, 3.05) is 19.8 Å². The van der Waals surface area contributed by atoms with Gasteiger partial charge in [0.05, 0.1) is 17.2 Å². The molecule has 0 aliphatic rings. The lowest BCUT2D eigenvalue weighted by Crippen LogP contribution is -2.10. The van der Waals surface area contributed by atoms with Gasteiger partial charge >= 0.3 is 5.97 Å². The maximum Gasteiger partial charge on any atom is 0.338 e. The molecular weight excluding hydrogens is 400 g/mol. The average molecular weight is 433 g/mol. The Labute approximate surface area is 185 Å². The summed E-state index contributed by atoms with van der Waals surface area (Å²) in [4.78, 5) is 12.2. The largest absolute Gasteiger partial charge is 0.490 e. The molecule has 2 aromatic rings. The van der Waals surface area contributed by atoms with E-state index in [1.54, 1.807) is 18.2 Å². The number of para-hydroxylation sites is 1. The molecular formula is C25H33ClO4.